The van der Waals surface area contributed by atoms with Crippen LogP contribution in [0.25, 0.3) is 0 Å². The van der Waals surface area contributed by atoms with Crippen molar-refractivity contribution >= 4 is 17.9 Å². The van der Waals surface area contributed by atoms with Gasteiger partial charge in [0.15, 0.2) is 6.10 Å². The number of hydrogen-bond donors (Lipinski definition) is 0. The zero-order valence-electron chi connectivity index (χ0n) is 12.9. The summed E-state index contributed by atoms with van der Waals surface area (Å²) in [5, 5.41) is 0. The fourth-order valence-electron chi connectivity index (χ4n) is 2.22. The molecule has 0 amide bonds. The van der Waals surface area contributed by atoms with Crippen LogP contribution in [0.2, 0.25) is 0 Å². The molecule has 124 valence electrons. The van der Waals surface area contributed by atoms with Crippen molar-refractivity contribution in [3.05, 3.63) is 35.9 Å². The van der Waals surface area contributed by atoms with Crippen molar-refractivity contribution in [1.29, 1.82) is 0 Å². The van der Waals surface area contributed by atoms with Crippen LogP contribution in [-0.2, 0) is 28.5 Å². The third-order valence-corrected chi connectivity index (χ3v) is 3.13. The first-order valence-electron chi connectivity index (χ1n) is 7.17. The molecule has 0 radical (unpaired) electrons. The summed E-state index contributed by atoms with van der Waals surface area (Å²) >= 11 is 0. The summed E-state index contributed by atoms with van der Waals surface area (Å²) in [5.74, 6) is -1.53. The maximum absolute atomic E-state index is 11.9. The first-order chi connectivity index (χ1) is 11.0. The van der Waals surface area contributed by atoms with E-state index in [4.69, 9.17) is 18.9 Å². The van der Waals surface area contributed by atoms with E-state index in [-0.39, 0.29) is 13.0 Å². The van der Waals surface area contributed by atoms with E-state index in [0.29, 0.717) is 5.56 Å². The van der Waals surface area contributed by atoms with Gasteiger partial charge in [0.25, 0.3) is 0 Å². The molecule has 1 heterocycles. The Bertz CT molecular complexity index is 545. The molecule has 2 rings (SSSR count). The van der Waals surface area contributed by atoms with Crippen LogP contribution in [-0.4, -0.2) is 43.0 Å². The van der Waals surface area contributed by atoms with E-state index in [1.54, 1.807) is 30.3 Å². The van der Waals surface area contributed by atoms with Gasteiger partial charge < -0.3 is 18.9 Å². The van der Waals surface area contributed by atoms with Crippen LogP contribution >= 0.6 is 0 Å². The van der Waals surface area contributed by atoms with E-state index in [0.717, 1.165) is 0 Å². The van der Waals surface area contributed by atoms with Gasteiger partial charge in [0.05, 0.1) is 11.7 Å². The van der Waals surface area contributed by atoms with Crippen LogP contribution in [0.5, 0.6) is 0 Å². The number of hydrogen-bond acceptors (Lipinski definition) is 7. The third kappa shape index (κ3) is 5.07. The van der Waals surface area contributed by atoms with Gasteiger partial charge in [-0.3, -0.25) is 9.59 Å². The van der Waals surface area contributed by atoms with Gasteiger partial charge in [-0.2, -0.15) is 0 Å². The Balaban J connectivity index is 1.89. The molecule has 7 heteroatoms. The lowest BCUT2D eigenvalue weighted by atomic mass is 10.2. The van der Waals surface area contributed by atoms with Gasteiger partial charge in [-0.25, -0.2) is 4.79 Å². The first-order valence-corrected chi connectivity index (χ1v) is 7.17. The van der Waals surface area contributed by atoms with Crippen molar-refractivity contribution in [3.8, 4) is 0 Å². The molecule has 0 aromatic heterocycles. The molecule has 7 nitrogen and oxygen atoms in total. The van der Waals surface area contributed by atoms with Gasteiger partial charge in [-0.1, -0.05) is 18.2 Å². The Morgan fingerprint density at radius 2 is 1.74 bits per heavy atom. The molecule has 0 N–H and O–H groups in total. The lowest BCUT2D eigenvalue weighted by Crippen LogP contribution is -2.30. The SMILES string of the molecule is CC(=O)OC1O[C@@H](COC(=O)c2ccccc2)C[C@H]1OC(C)=O. The summed E-state index contributed by atoms with van der Waals surface area (Å²) < 4.78 is 20.7. The molecule has 1 saturated heterocycles. The minimum Gasteiger partial charge on any atom is -0.459 e. The highest BCUT2D eigenvalue weighted by atomic mass is 16.7. The zero-order valence-corrected chi connectivity index (χ0v) is 12.9. The molecule has 23 heavy (non-hydrogen) atoms. The number of ether oxygens (including phenoxy) is 4. The maximum atomic E-state index is 11.9. The third-order valence-electron chi connectivity index (χ3n) is 3.13. The largest absolute Gasteiger partial charge is 0.459 e. The van der Waals surface area contributed by atoms with Gasteiger partial charge in [-0.15, -0.1) is 0 Å². The first kappa shape index (κ1) is 17.0. The molecule has 0 spiro atoms. The van der Waals surface area contributed by atoms with Crippen LogP contribution in [0.1, 0.15) is 30.6 Å². The number of esters is 3. The highest BCUT2D eigenvalue weighted by Gasteiger charge is 2.40. The molecular weight excluding hydrogens is 304 g/mol. The Labute approximate surface area is 133 Å². The monoisotopic (exact) mass is 322 g/mol. The topological polar surface area (TPSA) is 88.1 Å². The zero-order chi connectivity index (χ0) is 16.8. The van der Waals surface area contributed by atoms with Crippen LogP contribution in [0.4, 0.5) is 0 Å². The van der Waals surface area contributed by atoms with E-state index in [1.807, 2.05) is 0 Å². The van der Waals surface area contributed by atoms with Gasteiger partial charge in [0, 0.05) is 20.3 Å². The fraction of sp³-hybridized carbons (Fsp3) is 0.438. The number of rotatable bonds is 5. The molecule has 3 atom stereocenters. The minimum atomic E-state index is -0.989. The van der Waals surface area contributed by atoms with E-state index >= 15 is 0 Å². The number of benzene rings is 1. The molecule has 1 aromatic rings. The predicted octanol–water partition coefficient (Wildman–Crippen LogP) is 1.45. The molecular formula is C16H18O7. The minimum absolute atomic E-state index is 0.0245. The van der Waals surface area contributed by atoms with E-state index in [1.165, 1.54) is 13.8 Å². The van der Waals surface area contributed by atoms with E-state index in [2.05, 4.69) is 0 Å². The maximum Gasteiger partial charge on any atom is 0.338 e. The molecule has 1 fully saturated rings. The van der Waals surface area contributed by atoms with Crippen molar-refractivity contribution in [1.82, 2.24) is 0 Å². The second kappa shape index (κ2) is 7.73. The van der Waals surface area contributed by atoms with Crippen LogP contribution in [0.15, 0.2) is 30.3 Å². The lowest BCUT2D eigenvalue weighted by molar-refractivity contribution is -0.195. The second-order valence-electron chi connectivity index (χ2n) is 5.08. The van der Waals surface area contributed by atoms with Crippen LogP contribution in [0, 0.1) is 0 Å². The van der Waals surface area contributed by atoms with Gasteiger partial charge in [0.1, 0.15) is 6.61 Å². The second-order valence-corrected chi connectivity index (χ2v) is 5.08. The van der Waals surface area contributed by atoms with Crippen molar-refractivity contribution in [2.24, 2.45) is 0 Å². The average molecular weight is 322 g/mol. The van der Waals surface area contributed by atoms with E-state index in [9.17, 15) is 14.4 Å². The molecule has 0 aliphatic carbocycles. The van der Waals surface area contributed by atoms with Crippen molar-refractivity contribution in [3.63, 3.8) is 0 Å². The van der Waals surface area contributed by atoms with Gasteiger partial charge in [0.2, 0.25) is 6.29 Å². The highest BCUT2D eigenvalue weighted by Crippen LogP contribution is 2.25. The van der Waals surface area contributed by atoms with Crippen molar-refractivity contribution in [2.45, 2.75) is 38.8 Å². The predicted molar refractivity (Wildman–Crippen MR) is 77.3 cm³/mol. The summed E-state index contributed by atoms with van der Waals surface area (Å²) in [6.07, 6.45) is -1.94. The number of carbonyl (C=O) groups excluding carboxylic acids is 3. The fourth-order valence-corrected chi connectivity index (χ4v) is 2.22. The van der Waals surface area contributed by atoms with Crippen molar-refractivity contribution in [2.75, 3.05) is 6.61 Å². The normalized spacial score (nSPS) is 23.1. The van der Waals surface area contributed by atoms with Crippen LogP contribution < -0.4 is 0 Å². The molecule has 1 aliphatic heterocycles. The summed E-state index contributed by atoms with van der Waals surface area (Å²) in [4.78, 5) is 34.0. The Morgan fingerprint density at radius 1 is 1.09 bits per heavy atom. The lowest BCUT2D eigenvalue weighted by Gasteiger charge is -2.17. The van der Waals surface area contributed by atoms with Gasteiger partial charge >= 0.3 is 17.9 Å². The molecule has 1 aliphatic rings. The molecule has 1 aromatic carbocycles. The Morgan fingerprint density at radius 3 is 2.35 bits per heavy atom. The smallest absolute Gasteiger partial charge is 0.338 e. The summed E-state index contributed by atoms with van der Waals surface area (Å²) in [6, 6.07) is 8.54. The molecule has 0 saturated carbocycles. The van der Waals surface area contributed by atoms with E-state index < -0.39 is 36.4 Å². The Hall–Kier alpha value is -2.41. The summed E-state index contributed by atoms with van der Waals surface area (Å²) in [6.45, 7) is 2.47. The summed E-state index contributed by atoms with van der Waals surface area (Å²) in [7, 11) is 0. The van der Waals surface area contributed by atoms with Crippen molar-refractivity contribution < 1.29 is 33.3 Å². The quantitative estimate of drug-likeness (QED) is 0.599. The molecule has 1 unspecified atom stereocenters. The average Bonchev–Trinajstić information content (AvgIpc) is 2.86. The Kier molecular flexibility index (Phi) is 5.70. The highest BCUT2D eigenvalue weighted by molar-refractivity contribution is 5.89. The standard InChI is InChI=1S/C16H18O7/c1-10(17)21-14-8-13(23-16(14)22-11(2)18)9-20-15(19)12-6-4-3-5-7-12/h3-7,13-14,16H,8-9H2,1-2H3/t13-,14-,16?/m1/s1. The number of carbonyl (C=O) groups is 3. The van der Waals surface area contributed by atoms with Crippen LogP contribution in [0.3, 0.4) is 0 Å². The molecule has 0 bridgehead atoms. The van der Waals surface area contributed by atoms with Gasteiger partial charge in [-0.05, 0) is 12.1 Å². The summed E-state index contributed by atoms with van der Waals surface area (Å²) in [5.41, 5.74) is 0.429.